The van der Waals surface area contributed by atoms with Gasteiger partial charge in [-0.05, 0) is 60.9 Å². The maximum Gasteiger partial charge on any atom is 0.416 e. The van der Waals surface area contributed by atoms with Crippen molar-refractivity contribution in [1.82, 2.24) is 4.90 Å². The van der Waals surface area contributed by atoms with Crippen molar-refractivity contribution in [2.24, 2.45) is 5.92 Å². The van der Waals surface area contributed by atoms with Gasteiger partial charge in [0.15, 0.2) is 0 Å². The van der Waals surface area contributed by atoms with E-state index in [4.69, 9.17) is 0 Å². The van der Waals surface area contributed by atoms with Crippen LogP contribution in [-0.4, -0.2) is 23.3 Å². The number of alkyl halides is 6. The third-order valence-electron chi connectivity index (χ3n) is 5.10. The predicted octanol–water partition coefficient (Wildman–Crippen LogP) is 5.33. The molecule has 0 saturated carbocycles. The monoisotopic (exact) mass is 458 g/mol. The number of likely N-dealkylation sites (tertiary alicyclic amines) is 1. The van der Waals surface area contributed by atoms with E-state index in [0.29, 0.717) is 17.8 Å². The molecule has 1 aliphatic rings. The lowest BCUT2D eigenvalue weighted by Gasteiger charge is -2.19. The molecule has 2 aromatic rings. The number of aryl methyl sites for hydroxylation is 2. The smallest absolute Gasteiger partial charge is 0.338 e. The van der Waals surface area contributed by atoms with Crippen molar-refractivity contribution in [3.63, 3.8) is 0 Å². The summed E-state index contributed by atoms with van der Waals surface area (Å²) >= 11 is 0. The van der Waals surface area contributed by atoms with Crippen LogP contribution in [0.5, 0.6) is 0 Å². The van der Waals surface area contributed by atoms with Gasteiger partial charge in [-0.1, -0.05) is 6.07 Å². The highest BCUT2D eigenvalue weighted by Crippen LogP contribution is 2.37. The summed E-state index contributed by atoms with van der Waals surface area (Å²) < 4.78 is 78.3. The van der Waals surface area contributed by atoms with Crippen LogP contribution in [0.25, 0.3) is 0 Å². The molecule has 0 aliphatic carbocycles. The highest BCUT2D eigenvalue weighted by molar-refractivity contribution is 5.97. The van der Waals surface area contributed by atoms with E-state index in [0.717, 1.165) is 16.0 Å². The zero-order valence-corrected chi connectivity index (χ0v) is 17.2. The largest absolute Gasteiger partial charge is 0.416 e. The first-order valence-electron chi connectivity index (χ1n) is 9.67. The Morgan fingerprint density at radius 3 is 1.97 bits per heavy atom. The molecule has 0 bridgehead atoms. The lowest BCUT2D eigenvalue weighted by Crippen LogP contribution is -2.28. The maximum atomic E-state index is 13.1. The van der Waals surface area contributed by atoms with E-state index in [1.807, 2.05) is 19.9 Å². The van der Waals surface area contributed by atoms with Gasteiger partial charge in [0.1, 0.15) is 0 Å². The summed E-state index contributed by atoms with van der Waals surface area (Å²) in [5, 5.41) is 2.71. The van der Waals surface area contributed by atoms with Gasteiger partial charge in [-0.2, -0.15) is 26.3 Å². The van der Waals surface area contributed by atoms with Gasteiger partial charge >= 0.3 is 12.4 Å². The molecule has 172 valence electrons. The molecule has 4 nitrogen and oxygen atoms in total. The molecule has 0 unspecified atom stereocenters. The second-order valence-electron chi connectivity index (χ2n) is 7.96. The number of nitrogens with one attached hydrogen (secondary N) is 1. The number of nitrogens with zero attached hydrogens (tertiary/aromatic N) is 1. The molecule has 1 heterocycles. The fourth-order valence-corrected chi connectivity index (χ4v) is 3.72. The Hall–Kier alpha value is -3.04. The van der Waals surface area contributed by atoms with Gasteiger partial charge in [-0.15, -0.1) is 0 Å². The van der Waals surface area contributed by atoms with E-state index in [2.05, 4.69) is 5.32 Å². The van der Waals surface area contributed by atoms with Gasteiger partial charge in [0, 0.05) is 25.2 Å². The van der Waals surface area contributed by atoms with Gasteiger partial charge in [0.05, 0.1) is 17.0 Å². The Labute approximate surface area is 180 Å². The van der Waals surface area contributed by atoms with Crippen LogP contribution in [0.4, 0.5) is 32.0 Å². The second-order valence-corrected chi connectivity index (χ2v) is 7.96. The second kappa shape index (κ2) is 8.48. The average Bonchev–Trinajstić information content (AvgIpc) is 3.00. The van der Waals surface area contributed by atoms with Crippen LogP contribution >= 0.6 is 0 Å². The standard InChI is InChI=1S/C22H20F6N2O2/c1-12-3-13(2)5-18(4-12)29-20(32)15-8-19(31)30(11-15)10-14-6-16(21(23,24)25)9-17(7-14)22(26,27)28/h3-7,9,15H,8,10-11H2,1-2H3,(H,29,32)/t15-/m1/s1. The molecule has 0 radical (unpaired) electrons. The van der Waals surface area contributed by atoms with E-state index in [1.165, 1.54) is 0 Å². The Morgan fingerprint density at radius 2 is 1.47 bits per heavy atom. The van der Waals surface area contributed by atoms with E-state index in [9.17, 15) is 35.9 Å². The molecule has 1 atom stereocenters. The molecule has 2 aromatic carbocycles. The van der Waals surface area contributed by atoms with Crippen LogP contribution in [-0.2, 0) is 28.5 Å². The van der Waals surface area contributed by atoms with Crippen LogP contribution in [0.1, 0.15) is 34.2 Å². The highest BCUT2D eigenvalue weighted by atomic mass is 19.4. The van der Waals surface area contributed by atoms with Gasteiger partial charge in [0.25, 0.3) is 0 Å². The lowest BCUT2D eigenvalue weighted by atomic mass is 10.0. The number of carbonyl (C=O) groups excluding carboxylic acids is 2. The number of hydrogen-bond acceptors (Lipinski definition) is 2. The molecular formula is C22H20F6N2O2. The number of rotatable bonds is 4. The topological polar surface area (TPSA) is 49.4 Å². The molecule has 1 aliphatic heterocycles. The third kappa shape index (κ3) is 5.60. The summed E-state index contributed by atoms with van der Waals surface area (Å²) in [6, 6.07) is 6.63. The molecule has 1 saturated heterocycles. The molecule has 0 aromatic heterocycles. The van der Waals surface area contributed by atoms with Gasteiger partial charge in [-0.3, -0.25) is 9.59 Å². The van der Waals surface area contributed by atoms with Crippen LogP contribution in [0.2, 0.25) is 0 Å². The number of halogens is 6. The summed E-state index contributed by atoms with van der Waals surface area (Å²) in [5.74, 6) is -1.72. The Morgan fingerprint density at radius 1 is 0.938 bits per heavy atom. The van der Waals surface area contributed by atoms with Gasteiger partial charge < -0.3 is 10.2 Å². The quantitative estimate of drug-likeness (QED) is 0.630. The first kappa shape index (κ1) is 23.6. The fourth-order valence-electron chi connectivity index (χ4n) is 3.72. The Balaban J connectivity index is 1.76. The van der Waals surface area contributed by atoms with E-state index < -0.39 is 47.8 Å². The number of benzene rings is 2. The molecular weight excluding hydrogens is 438 g/mol. The van der Waals surface area contributed by atoms with Gasteiger partial charge in [-0.25, -0.2) is 0 Å². The minimum Gasteiger partial charge on any atom is -0.338 e. The van der Waals surface area contributed by atoms with Crippen molar-refractivity contribution < 1.29 is 35.9 Å². The molecule has 2 amide bonds. The lowest BCUT2D eigenvalue weighted by molar-refractivity contribution is -0.143. The van der Waals surface area contributed by atoms with Crippen LogP contribution in [0, 0.1) is 19.8 Å². The maximum absolute atomic E-state index is 13.1. The first-order valence-corrected chi connectivity index (χ1v) is 9.67. The van der Waals surface area contributed by atoms with E-state index in [-0.39, 0.29) is 24.6 Å². The highest BCUT2D eigenvalue weighted by Gasteiger charge is 2.38. The zero-order chi connectivity index (χ0) is 23.8. The summed E-state index contributed by atoms with van der Waals surface area (Å²) in [6.45, 7) is 3.15. The van der Waals surface area contributed by atoms with E-state index >= 15 is 0 Å². The molecule has 32 heavy (non-hydrogen) atoms. The number of carbonyl (C=O) groups is 2. The summed E-state index contributed by atoms with van der Waals surface area (Å²) in [6.07, 6.45) is -10.1. The SMILES string of the molecule is Cc1cc(C)cc(NC(=O)[C@@H]2CC(=O)N(Cc3cc(C(F)(F)F)cc(C(F)(F)F)c3)C2)c1. The van der Waals surface area contributed by atoms with Crippen molar-refractivity contribution in [3.8, 4) is 0 Å². The summed E-state index contributed by atoms with van der Waals surface area (Å²) in [7, 11) is 0. The Bertz CT molecular complexity index is 993. The summed E-state index contributed by atoms with van der Waals surface area (Å²) in [4.78, 5) is 26.0. The normalized spacial score (nSPS) is 17.1. The molecule has 0 spiro atoms. The van der Waals surface area contributed by atoms with Crippen molar-refractivity contribution in [2.75, 3.05) is 11.9 Å². The molecule has 10 heteroatoms. The van der Waals surface area contributed by atoms with Crippen molar-refractivity contribution in [3.05, 3.63) is 64.2 Å². The summed E-state index contributed by atoms with van der Waals surface area (Å²) in [5.41, 5.74) is -0.804. The number of anilines is 1. The Kier molecular flexibility index (Phi) is 6.26. The molecule has 1 N–H and O–H groups in total. The van der Waals surface area contributed by atoms with Crippen molar-refractivity contribution in [1.29, 1.82) is 0 Å². The number of hydrogen-bond donors (Lipinski definition) is 1. The first-order chi connectivity index (χ1) is 14.7. The van der Waals surface area contributed by atoms with Crippen molar-refractivity contribution in [2.45, 2.75) is 39.2 Å². The molecule has 1 fully saturated rings. The van der Waals surface area contributed by atoms with E-state index in [1.54, 1.807) is 12.1 Å². The number of amides is 2. The van der Waals surface area contributed by atoms with Crippen LogP contribution in [0.3, 0.4) is 0 Å². The van der Waals surface area contributed by atoms with Gasteiger partial charge in [0.2, 0.25) is 11.8 Å². The minimum atomic E-state index is -4.97. The molecule has 3 rings (SSSR count). The third-order valence-corrected chi connectivity index (χ3v) is 5.10. The predicted molar refractivity (Wildman–Crippen MR) is 105 cm³/mol. The fraction of sp³-hybridized carbons (Fsp3) is 0.364. The zero-order valence-electron chi connectivity index (χ0n) is 17.2. The van der Waals surface area contributed by atoms with Crippen LogP contribution in [0.15, 0.2) is 36.4 Å². The van der Waals surface area contributed by atoms with Crippen molar-refractivity contribution >= 4 is 17.5 Å². The minimum absolute atomic E-state index is 0.0371. The van der Waals surface area contributed by atoms with Crippen LogP contribution < -0.4 is 5.32 Å². The average molecular weight is 458 g/mol.